The van der Waals surface area contributed by atoms with Crippen molar-refractivity contribution in [2.45, 2.75) is 12.8 Å². The minimum atomic E-state index is -0.727. The van der Waals surface area contributed by atoms with Crippen LogP contribution in [0.3, 0.4) is 0 Å². The van der Waals surface area contributed by atoms with E-state index in [2.05, 4.69) is 9.80 Å². The number of ether oxygens (including phenoxy) is 1. The van der Waals surface area contributed by atoms with E-state index in [0.29, 0.717) is 26.2 Å². The van der Waals surface area contributed by atoms with Crippen LogP contribution in [0.25, 0.3) is 0 Å². The molecule has 0 aromatic carbocycles. The fourth-order valence-electron chi connectivity index (χ4n) is 2.22. The second-order valence-electron chi connectivity index (χ2n) is 5.28. The van der Waals surface area contributed by atoms with E-state index in [0.717, 1.165) is 19.5 Å². The highest BCUT2D eigenvalue weighted by molar-refractivity contribution is 5.75. The fourth-order valence-corrected chi connectivity index (χ4v) is 2.22. The predicted molar refractivity (Wildman–Crippen MR) is 66.2 cm³/mol. The van der Waals surface area contributed by atoms with Crippen molar-refractivity contribution < 1.29 is 14.6 Å². The van der Waals surface area contributed by atoms with Crippen molar-refractivity contribution >= 4 is 5.97 Å². The second kappa shape index (κ2) is 6.33. The molecule has 5 heteroatoms. The first-order valence-corrected chi connectivity index (χ1v) is 6.11. The topological polar surface area (TPSA) is 53.0 Å². The second-order valence-corrected chi connectivity index (χ2v) is 5.28. The van der Waals surface area contributed by atoms with Crippen LogP contribution in [0, 0.1) is 5.41 Å². The molecule has 0 bridgehead atoms. The third kappa shape index (κ3) is 4.26. The predicted octanol–water partition coefficient (Wildman–Crippen LogP) is 0.361. The first kappa shape index (κ1) is 14.4. The lowest BCUT2D eigenvalue weighted by Crippen LogP contribution is -2.43. The quantitative estimate of drug-likeness (QED) is 0.701. The summed E-state index contributed by atoms with van der Waals surface area (Å²) in [5.41, 5.74) is -0.688. The summed E-state index contributed by atoms with van der Waals surface area (Å²) in [6.45, 7) is 3.45. The molecule has 17 heavy (non-hydrogen) atoms. The molecular formula is C12H24N2O3. The summed E-state index contributed by atoms with van der Waals surface area (Å²) in [7, 11) is 6.08. The molecule has 1 unspecified atom stereocenters. The fraction of sp³-hybridized carbons (Fsp3) is 0.917. The maximum Gasteiger partial charge on any atom is 0.313 e. The van der Waals surface area contributed by atoms with Crippen molar-refractivity contribution in [3.63, 3.8) is 0 Å². The van der Waals surface area contributed by atoms with E-state index in [9.17, 15) is 9.90 Å². The maximum atomic E-state index is 11.3. The minimum Gasteiger partial charge on any atom is -0.481 e. The zero-order valence-electron chi connectivity index (χ0n) is 11.1. The number of carboxylic acids is 1. The van der Waals surface area contributed by atoms with Crippen LogP contribution in [0.4, 0.5) is 0 Å². The SMILES string of the molecule is CN(C)CCCN(C)CC1(C(=O)O)CCOC1. The standard InChI is InChI=1S/C12H24N2O3/c1-13(2)6-4-7-14(3)9-12(11(15)16)5-8-17-10-12/h4-10H2,1-3H3,(H,15,16). The molecule has 0 aromatic heterocycles. The summed E-state index contributed by atoms with van der Waals surface area (Å²) < 4.78 is 5.25. The number of carboxylic acid groups (broad SMARTS) is 1. The van der Waals surface area contributed by atoms with Gasteiger partial charge in [0.1, 0.15) is 5.41 Å². The molecule has 1 N–H and O–H groups in total. The number of hydrogen-bond acceptors (Lipinski definition) is 4. The smallest absolute Gasteiger partial charge is 0.313 e. The molecule has 1 aliphatic heterocycles. The summed E-state index contributed by atoms with van der Waals surface area (Å²) in [4.78, 5) is 15.6. The highest BCUT2D eigenvalue weighted by Gasteiger charge is 2.43. The van der Waals surface area contributed by atoms with Crippen molar-refractivity contribution in [1.82, 2.24) is 9.80 Å². The first-order chi connectivity index (χ1) is 7.96. The Labute approximate surface area is 103 Å². The summed E-state index contributed by atoms with van der Waals surface area (Å²) in [6, 6.07) is 0. The third-order valence-electron chi connectivity index (χ3n) is 3.27. The largest absolute Gasteiger partial charge is 0.481 e. The Kier molecular flexibility index (Phi) is 5.36. The van der Waals surface area contributed by atoms with Crippen LogP contribution in [-0.2, 0) is 9.53 Å². The van der Waals surface area contributed by atoms with Gasteiger partial charge < -0.3 is 19.6 Å². The summed E-state index contributed by atoms with van der Waals surface area (Å²) in [5.74, 6) is -0.727. The van der Waals surface area contributed by atoms with Crippen molar-refractivity contribution in [3.05, 3.63) is 0 Å². The Balaban J connectivity index is 2.37. The molecule has 1 heterocycles. The molecule has 1 saturated heterocycles. The van der Waals surface area contributed by atoms with Gasteiger partial charge in [-0.3, -0.25) is 4.79 Å². The lowest BCUT2D eigenvalue weighted by molar-refractivity contribution is -0.150. The average Bonchev–Trinajstić information content (AvgIpc) is 2.66. The molecule has 1 fully saturated rings. The van der Waals surface area contributed by atoms with Crippen molar-refractivity contribution in [2.24, 2.45) is 5.41 Å². The number of carbonyl (C=O) groups is 1. The minimum absolute atomic E-state index is 0.348. The zero-order valence-corrected chi connectivity index (χ0v) is 11.1. The molecule has 5 nitrogen and oxygen atoms in total. The Morgan fingerprint density at radius 2 is 2.06 bits per heavy atom. The monoisotopic (exact) mass is 244 g/mol. The van der Waals surface area contributed by atoms with Crippen LogP contribution in [0.5, 0.6) is 0 Å². The van der Waals surface area contributed by atoms with E-state index in [1.165, 1.54) is 0 Å². The molecule has 0 aromatic rings. The van der Waals surface area contributed by atoms with Gasteiger partial charge in [-0.05, 0) is 47.1 Å². The van der Waals surface area contributed by atoms with E-state index >= 15 is 0 Å². The zero-order chi connectivity index (χ0) is 12.9. The molecule has 0 aliphatic carbocycles. The summed E-state index contributed by atoms with van der Waals surface area (Å²) in [5, 5.41) is 9.31. The summed E-state index contributed by atoms with van der Waals surface area (Å²) >= 11 is 0. The highest BCUT2D eigenvalue weighted by Crippen LogP contribution is 2.29. The third-order valence-corrected chi connectivity index (χ3v) is 3.27. The van der Waals surface area contributed by atoms with E-state index in [1.54, 1.807) is 0 Å². The molecular weight excluding hydrogens is 220 g/mol. The van der Waals surface area contributed by atoms with Crippen LogP contribution in [0.15, 0.2) is 0 Å². The average molecular weight is 244 g/mol. The lowest BCUT2D eigenvalue weighted by atomic mass is 9.87. The number of rotatable bonds is 7. The van der Waals surface area contributed by atoms with Crippen molar-refractivity contribution in [2.75, 3.05) is 54.0 Å². The Bertz CT molecular complexity index is 250. The van der Waals surface area contributed by atoms with Gasteiger partial charge in [0.05, 0.1) is 6.61 Å². The number of hydrogen-bond donors (Lipinski definition) is 1. The van der Waals surface area contributed by atoms with E-state index in [4.69, 9.17) is 4.74 Å². The van der Waals surface area contributed by atoms with E-state index in [-0.39, 0.29) is 0 Å². The van der Waals surface area contributed by atoms with Gasteiger partial charge in [0.2, 0.25) is 0 Å². The van der Waals surface area contributed by atoms with Gasteiger partial charge in [-0.15, -0.1) is 0 Å². The van der Waals surface area contributed by atoms with Gasteiger partial charge in [0.25, 0.3) is 0 Å². The van der Waals surface area contributed by atoms with Crippen LogP contribution in [0.1, 0.15) is 12.8 Å². The van der Waals surface area contributed by atoms with Crippen molar-refractivity contribution in [3.8, 4) is 0 Å². The highest BCUT2D eigenvalue weighted by atomic mass is 16.5. The molecule has 0 spiro atoms. The Hall–Kier alpha value is -0.650. The van der Waals surface area contributed by atoms with Gasteiger partial charge in [0, 0.05) is 13.2 Å². The Morgan fingerprint density at radius 1 is 1.35 bits per heavy atom. The van der Waals surface area contributed by atoms with Gasteiger partial charge in [-0.2, -0.15) is 0 Å². The van der Waals surface area contributed by atoms with Crippen LogP contribution < -0.4 is 0 Å². The molecule has 0 radical (unpaired) electrons. The van der Waals surface area contributed by atoms with E-state index < -0.39 is 11.4 Å². The summed E-state index contributed by atoms with van der Waals surface area (Å²) in [6.07, 6.45) is 1.68. The molecule has 1 aliphatic rings. The molecule has 100 valence electrons. The van der Waals surface area contributed by atoms with Gasteiger partial charge in [0.15, 0.2) is 0 Å². The van der Waals surface area contributed by atoms with E-state index in [1.807, 2.05) is 21.1 Å². The maximum absolute atomic E-state index is 11.3. The number of nitrogens with zero attached hydrogens (tertiary/aromatic N) is 2. The van der Waals surface area contributed by atoms with Crippen molar-refractivity contribution in [1.29, 1.82) is 0 Å². The molecule has 0 saturated carbocycles. The molecule has 1 rings (SSSR count). The van der Waals surface area contributed by atoms with Gasteiger partial charge >= 0.3 is 5.97 Å². The normalized spacial score (nSPS) is 24.8. The molecule has 0 amide bonds. The Morgan fingerprint density at radius 3 is 2.53 bits per heavy atom. The van der Waals surface area contributed by atoms with Crippen LogP contribution in [0.2, 0.25) is 0 Å². The van der Waals surface area contributed by atoms with Gasteiger partial charge in [-0.1, -0.05) is 0 Å². The number of aliphatic carboxylic acids is 1. The van der Waals surface area contributed by atoms with Crippen LogP contribution in [-0.4, -0.2) is 74.9 Å². The molecule has 1 atom stereocenters. The van der Waals surface area contributed by atoms with Crippen LogP contribution >= 0.6 is 0 Å². The lowest BCUT2D eigenvalue weighted by Gasteiger charge is -2.28. The first-order valence-electron chi connectivity index (χ1n) is 6.11. The van der Waals surface area contributed by atoms with Gasteiger partial charge in [-0.25, -0.2) is 0 Å².